The molecule has 7 heteroatoms. The predicted molar refractivity (Wildman–Crippen MR) is 86.1 cm³/mol. The van der Waals surface area contributed by atoms with Crippen LogP contribution in [0.2, 0.25) is 10.0 Å². The SMILES string of the molecule is Fc1ccc(-n2c(=S)[nH]c3cc(Cl)c(Cl)cc32)c(Br)c1. The van der Waals surface area contributed by atoms with Crippen LogP contribution in [0.4, 0.5) is 4.39 Å². The zero-order valence-corrected chi connectivity index (χ0v) is 13.7. The molecule has 3 aromatic rings. The first kappa shape index (κ1) is 14.1. The van der Waals surface area contributed by atoms with Gasteiger partial charge in [0.15, 0.2) is 4.77 Å². The van der Waals surface area contributed by atoms with Gasteiger partial charge in [-0.3, -0.25) is 4.57 Å². The molecule has 2 nitrogen and oxygen atoms in total. The monoisotopic (exact) mass is 390 g/mol. The number of aromatic nitrogens is 2. The second-order valence-electron chi connectivity index (χ2n) is 4.14. The van der Waals surface area contributed by atoms with E-state index in [9.17, 15) is 4.39 Å². The number of hydrogen-bond acceptors (Lipinski definition) is 1. The zero-order chi connectivity index (χ0) is 14.4. The number of aromatic amines is 1. The van der Waals surface area contributed by atoms with Gasteiger partial charge in [-0.25, -0.2) is 4.39 Å². The van der Waals surface area contributed by atoms with E-state index in [4.69, 9.17) is 35.4 Å². The molecule has 1 aromatic heterocycles. The van der Waals surface area contributed by atoms with Crippen molar-refractivity contribution in [3.8, 4) is 5.69 Å². The number of benzene rings is 2. The molecule has 102 valence electrons. The number of halogens is 4. The van der Waals surface area contributed by atoms with Gasteiger partial charge in [-0.15, -0.1) is 0 Å². The lowest BCUT2D eigenvalue weighted by Crippen LogP contribution is -1.96. The number of H-pyrrole nitrogens is 1. The molecule has 0 fully saturated rings. The third-order valence-corrected chi connectivity index (χ3v) is 4.52. The second kappa shape index (κ2) is 5.15. The Hall–Kier alpha value is -0.880. The normalized spacial score (nSPS) is 11.2. The Kier molecular flexibility index (Phi) is 3.62. The highest BCUT2D eigenvalue weighted by Gasteiger charge is 2.12. The summed E-state index contributed by atoms with van der Waals surface area (Å²) in [6.45, 7) is 0. The van der Waals surface area contributed by atoms with Gasteiger partial charge < -0.3 is 4.98 Å². The number of hydrogen-bond donors (Lipinski definition) is 1. The number of nitrogens with one attached hydrogen (secondary N) is 1. The van der Waals surface area contributed by atoms with Gasteiger partial charge in [-0.1, -0.05) is 23.2 Å². The van der Waals surface area contributed by atoms with Crippen LogP contribution in [0.15, 0.2) is 34.8 Å². The molecule has 1 heterocycles. The summed E-state index contributed by atoms with van der Waals surface area (Å²) in [4.78, 5) is 3.06. The lowest BCUT2D eigenvalue weighted by Gasteiger charge is -2.08. The number of imidazole rings is 1. The highest BCUT2D eigenvalue weighted by molar-refractivity contribution is 9.10. The summed E-state index contributed by atoms with van der Waals surface area (Å²) in [7, 11) is 0. The number of rotatable bonds is 1. The minimum atomic E-state index is -0.326. The van der Waals surface area contributed by atoms with E-state index < -0.39 is 0 Å². The van der Waals surface area contributed by atoms with Gasteiger partial charge >= 0.3 is 0 Å². The molecular formula is C13H6BrCl2FN2S. The van der Waals surface area contributed by atoms with E-state index in [-0.39, 0.29) is 5.82 Å². The zero-order valence-electron chi connectivity index (χ0n) is 9.75. The third kappa shape index (κ3) is 2.29. The maximum Gasteiger partial charge on any atom is 0.182 e. The van der Waals surface area contributed by atoms with Crippen LogP contribution < -0.4 is 0 Å². The maximum atomic E-state index is 13.2. The highest BCUT2D eigenvalue weighted by atomic mass is 79.9. The Balaban J connectivity index is 2.39. The van der Waals surface area contributed by atoms with Crippen molar-refractivity contribution in [2.75, 3.05) is 0 Å². The maximum absolute atomic E-state index is 13.2. The van der Waals surface area contributed by atoms with Crippen LogP contribution >= 0.6 is 51.3 Å². The molecule has 0 aliphatic rings. The smallest absolute Gasteiger partial charge is 0.182 e. The van der Waals surface area contributed by atoms with Crippen molar-refractivity contribution >= 4 is 62.4 Å². The number of nitrogens with zero attached hydrogens (tertiary/aromatic N) is 1. The molecule has 0 radical (unpaired) electrons. The fraction of sp³-hybridized carbons (Fsp3) is 0. The van der Waals surface area contributed by atoms with Gasteiger partial charge in [-0.05, 0) is 58.5 Å². The Labute approximate surface area is 137 Å². The van der Waals surface area contributed by atoms with Crippen LogP contribution in [0.1, 0.15) is 0 Å². The Morgan fingerprint density at radius 1 is 1.15 bits per heavy atom. The van der Waals surface area contributed by atoms with E-state index in [1.165, 1.54) is 12.1 Å². The summed E-state index contributed by atoms with van der Waals surface area (Å²) in [6, 6.07) is 7.83. The van der Waals surface area contributed by atoms with Gasteiger partial charge in [0.05, 0.1) is 26.8 Å². The van der Waals surface area contributed by atoms with Gasteiger partial charge in [-0.2, -0.15) is 0 Å². The van der Waals surface area contributed by atoms with E-state index in [0.717, 1.165) is 16.7 Å². The van der Waals surface area contributed by atoms with Crippen LogP contribution in [0, 0.1) is 10.6 Å². The molecule has 2 aromatic carbocycles. The Bertz CT molecular complexity index is 888. The van der Waals surface area contributed by atoms with Gasteiger partial charge in [0.1, 0.15) is 5.82 Å². The molecule has 0 bridgehead atoms. The summed E-state index contributed by atoms with van der Waals surface area (Å²) in [5, 5.41) is 0.876. The molecule has 0 aliphatic carbocycles. The average Bonchev–Trinajstić information content (AvgIpc) is 2.66. The quantitative estimate of drug-likeness (QED) is 0.512. The van der Waals surface area contributed by atoms with Crippen LogP contribution in [-0.2, 0) is 0 Å². The van der Waals surface area contributed by atoms with E-state index in [2.05, 4.69) is 20.9 Å². The van der Waals surface area contributed by atoms with Crippen molar-refractivity contribution < 1.29 is 4.39 Å². The van der Waals surface area contributed by atoms with Crippen molar-refractivity contribution in [1.29, 1.82) is 0 Å². The van der Waals surface area contributed by atoms with E-state index >= 15 is 0 Å². The molecule has 20 heavy (non-hydrogen) atoms. The highest BCUT2D eigenvalue weighted by Crippen LogP contribution is 2.31. The summed E-state index contributed by atoms with van der Waals surface area (Å²) in [6.07, 6.45) is 0. The first-order valence-corrected chi connectivity index (χ1v) is 7.48. The molecule has 0 saturated carbocycles. The summed E-state index contributed by atoms with van der Waals surface area (Å²) >= 11 is 20.7. The minimum absolute atomic E-state index is 0.326. The third-order valence-electron chi connectivity index (χ3n) is 2.87. The van der Waals surface area contributed by atoms with Crippen molar-refractivity contribution in [1.82, 2.24) is 9.55 Å². The average molecular weight is 392 g/mol. The topological polar surface area (TPSA) is 20.7 Å². The molecule has 3 rings (SSSR count). The molecule has 0 saturated heterocycles. The minimum Gasteiger partial charge on any atom is -0.330 e. The first-order chi connectivity index (χ1) is 9.47. The van der Waals surface area contributed by atoms with Crippen LogP contribution in [0.25, 0.3) is 16.7 Å². The van der Waals surface area contributed by atoms with Gasteiger partial charge in [0.2, 0.25) is 0 Å². The van der Waals surface area contributed by atoms with Crippen LogP contribution in [-0.4, -0.2) is 9.55 Å². The lowest BCUT2D eigenvalue weighted by atomic mass is 10.2. The molecule has 0 atom stereocenters. The van der Waals surface area contributed by atoms with E-state index in [0.29, 0.717) is 19.3 Å². The Morgan fingerprint density at radius 3 is 2.55 bits per heavy atom. The molecule has 0 unspecified atom stereocenters. The predicted octanol–water partition coefficient (Wildman–Crippen LogP) is 5.90. The summed E-state index contributed by atoms with van der Waals surface area (Å²) < 4.78 is 16.1. The van der Waals surface area contributed by atoms with Crippen LogP contribution in [0.5, 0.6) is 0 Å². The molecule has 0 spiro atoms. The standard InChI is InChI=1S/C13H6BrCl2FN2S/c14-7-3-6(17)1-2-11(7)19-12-5-9(16)8(15)4-10(12)18-13(19)20/h1-5H,(H,18,20). The van der Waals surface area contributed by atoms with Gasteiger partial charge in [0, 0.05) is 4.47 Å². The van der Waals surface area contributed by atoms with Gasteiger partial charge in [0.25, 0.3) is 0 Å². The molecular weight excluding hydrogens is 386 g/mol. The fourth-order valence-electron chi connectivity index (χ4n) is 2.00. The lowest BCUT2D eigenvalue weighted by molar-refractivity contribution is 0.626. The number of fused-ring (bicyclic) bond motifs is 1. The summed E-state index contributed by atoms with van der Waals surface area (Å²) in [5.41, 5.74) is 2.26. The molecule has 0 aliphatic heterocycles. The summed E-state index contributed by atoms with van der Waals surface area (Å²) in [5.74, 6) is -0.326. The molecule has 1 N–H and O–H groups in total. The fourth-order valence-corrected chi connectivity index (χ4v) is 3.16. The van der Waals surface area contributed by atoms with E-state index in [1.54, 1.807) is 22.8 Å². The van der Waals surface area contributed by atoms with E-state index in [1.807, 2.05) is 0 Å². The first-order valence-electron chi connectivity index (χ1n) is 5.52. The van der Waals surface area contributed by atoms with Crippen molar-refractivity contribution in [2.45, 2.75) is 0 Å². The van der Waals surface area contributed by atoms with Crippen LogP contribution in [0.3, 0.4) is 0 Å². The molecule has 0 amide bonds. The largest absolute Gasteiger partial charge is 0.330 e. The van der Waals surface area contributed by atoms with Crippen molar-refractivity contribution in [2.24, 2.45) is 0 Å². The Morgan fingerprint density at radius 2 is 1.85 bits per heavy atom. The van der Waals surface area contributed by atoms with Crippen molar-refractivity contribution in [3.05, 3.63) is 55.4 Å². The second-order valence-corrected chi connectivity index (χ2v) is 6.20. The van der Waals surface area contributed by atoms with Crippen molar-refractivity contribution in [3.63, 3.8) is 0 Å².